The molecule has 1 heterocycles. The molecule has 0 radical (unpaired) electrons. The van der Waals surface area contributed by atoms with Crippen molar-refractivity contribution in [3.8, 4) is 16.9 Å². The summed E-state index contributed by atoms with van der Waals surface area (Å²) in [6, 6.07) is 16.7. The van der Waals surface area contributed by atoms with Crippen LogP contribution < -0.4 is 4.74 Å². The molecule has 0 atom stereocenters. The molecule has 4 rings (SSSR count). The number of aromatic carboxylic acids is 1. The minimum Gasteiger partial charge on any atom is -0.492 e. The molecule has 1 aliphatic rings. The van der Waals surface area contributed by atoms with Crippen molar-refractivity contribution >= 4 is 57.9 Å². The first kappa shape index (κ1) is 28.8. The highest BCUT2D eigenvalue weighted by Gasteiger charge is 2.32. The van der Waals surface area contributed by atoms with E-state index in [-0.39, 0.29) is 16.5 Å². The Bertz CT molecular complexity index is 1440. The molecule has 6 nitrogen and oxygen atoms in total. The zero-order chi connectivity index (χ0) is 28.1. The van der Waals surface area contributed by atoms with Gasteiger partial charge in [-0.05, 0) is 79.7 Å². The molecule has 0 unspecified atom stereocenters. The van der Waals surface area contributed by atoms with Crippen molar-refractivity contribution in [1.29, 1.82) is 0 Å². The molecule has 3 aromatic rings. The lowest BCUT2D eigenvalue weighted by atomic mass is 10.0. The van der Waals surface area contributed by atoms with E-state index in [0.717, 1.165) is 16.7 Å². The van der Waals surface area contributed by atoms with Crippen LogP contribution in [0.1, 0.15) is 21.5 Å². The Hall–Kier alpha value is -3.24. The van der Waals surface area contributed by atoms with Crippen molar-refractivity contribution in [2.24, 2.45) is 0 Å². The molecular formula is C29H26ClFN2O4S2. The van der Waals surface area contributed by atoms with Crippen molar-refractivity contribution in [3.05, 3.63) is 93.1 Å². The number of ether oxygens (including phenoxy) is 1. The van der Waals surface area contributed by atoms with Crippen LogP contribution in [0.2, 0.25) is 5.02 Å². The maximum Gasteiger partial charge on any atom is 0.335 e. The van der Waals surface area contributed by atoms with Crippen LogP contribution in [0, 0.1) is 5.82 Å². The lowest BCUT2D eigenvalue weighted by molar-refractivity contribution is -0.122. The molecule has 0 saturated carbocycles. The number of hydrogen-bond acceptors (Lipinski definition) is 6. The van der Waals surface area contributed by atoms with Gasteiger partial charge in [0, 0.05) is 18.7 Å². The molecule has 39 heavy (non-hydrogen) atoms. The molecule has 1 saturated heterocycles. The largest absolute Gasteiger partial charge is 0.492 e. The van der Waals surface area contributed by atoms with E-state index in [1.807, 2.05) is 37.2 Å². The number of carboxylic acids is 1. The number of amides is 1. The number of likely N-dealkylation sites (N-methyl/N-ethyl adjacent to an activating group) is 1. The zero-order valence-corrected chi connectivity index (χ0v) is 23.7. The van der Waals surface area contributed by atoms with Crippen molar-refractivity contribution in [2.45, 2.75) is 6.42 Å². The van der Waals surface area contributed by atoms with E-state index in [1.54, 1.807) is 47.4 Å². The minimum atomic E-state index is -0.986. The van der Waals surface area contributed by atoms with Gasteiger partial charge in [-0.1, -0.05) is 59.8 Å². The fourth-order valence-electron chi connectivity index (χ4n) is 3.88. The SMILES string of the molecule is CN(C)CCOc1ccc(-c2ccc(F)c(Cl)c2)cc1C=C1SC(=S)N(CCc2ccc(C(=O)O)cc2)C1=O. The van der Waals surface area contributed by atoms with Crippen LogP contribution in [0.5, 0.6) is 5.75 Å². The average Bonchev–Trinajstić information content (AvgIpc) is 3.16. The van der Waals surface area contributed by atoms with E-state index in [0.29, 0.717) is 46.7 Å². The molecule has 1 aliphatic heterocycles. The molecule has 0 aromatic heterocycles. The molecule has 202 valence electrons. The molecule has 0 spiro atoms. The topological polar surface area (TPSA) is 70.1 Å². The van der Waals surface area contributed by atoms with Crippen LogP contribution in [-0.2, 0) is 11.2 Å². The van der Waals surface area contributed by atoms with E-state index in [2.05, 4.69) is 0 Å². The quantitative estimate of drug-likeness (QED) is 0.224. The van der Waals surface area contributed by atoms with Crippen molar-refractivity contribution in [2.75, 3.05) is 33.8 Å². The highest BCUT2D eigenvalue weighted by Crippen LogP contribution is 2.36. The third-order valence-electron chi connectivity index (χ3n) is 6.04. The summed E-state index contributed by atoms with van der Waals surface area (Å²) < 4.78 is 20.2. The molecule has 1 fully saturated rings. The second kappa shape index (κ2) is 12.7. The average molecular weight is 585 g/mol. The summed E-state index contributed by atoms with van der Waals surface area (Å²) in [5.41, 5.74) is 3.33. The molecule has 1 N–H and O–H groups in total. The van der Waals surface area contributed by atoms with Crippen molar-refractivity contribution in [3.63, 3.8) is 0 Å². The van der Waals surface area contributed by atoms with Crippen LogP contribution in [0.3, 0.4) is 0 Å². The highest BCUT2D eigenvalue weighted by molar-refractivity contribution is 8.26. The van der Waals surface area contributed by atoms with Crippen LogP contribution in [0.25, 0.3) is 17.2 Å². The number of thioether (sulfide) groups is 1. The maximum absolute atomic E-state index is 13.7. The summed E-state index contributed by atoms with van der Waals surface area (Å²) in [4.78, 5) is 28.4. The van der Waals surface area contributed by atoms with Crippen LogP contribution in [-0.4, -0.2) is 64.9 Å². The van der Waals surface area contributed by atoms with E-state index >= 15 is 0 Å². The van der Waals surface area contributed by atoms with Crippen LogP contribution in [0.15, 0.2) is 65.6 Å². The first-order valence-electron chi connectivity index (χ1n) is 12.1. The summed E-state index contributed by atoms with van der Waals surface area (Å²) in [6.45, 7) is 1.54. The summed E-state index contributed by atoms with van der Waals surface area (Å²) in [5.74, 6) is -1.08. The molecule has 0 bridgehead atoms. The van der Waals surface area contributed by atoms with Gasteiger partial charge in [-0.25, -0.2) is 9.18 Å². The molecule has 1 amide bonds. The summed E-state index contributed by atoms with van der Waals surface area (Å²) >= 11 is 12.7. The van der Waals surface area contributed by atoms with E-state index in [9.17, 15) is 14.0 Å². The first-order valence-corrected chi connectivity index (χ1v) is 13.7. The van der Waals surface area contributed by atoms with Gasteiger partial charge in [0.25, 0.3) is 5.91 Å². The van der Waals surface area contributed by atoms with Gasteiger partial charge in [-0.2, -0.15) is 0 Å². The van der Waals surface area contributed by atoms with Crippen LogP contribution in [0.4, 0.5) is 4.39 Å². The normalized spacial score (nSPS) is 14.5. The summed E-state index contributed by atoms with van der Waals surface area (Å²) in [7, 11) is 3.91. The number of halogens is 2. The number of hydrogen-bond donors (Lipinski definition) is 1. The Labute approximate surface area is 241 Å². The van der Waals surface area contributed by atoms with Gasteiger partial charge in [-0.15, -0.1) is 0 Å². The Balaban J connectivity index is 1.57. The van der Waals surface area contributed by atoms with Crippen LogP contribution >= 0.6 is 35.6 Å². The maximum atomic E-state index is 13.7. The van der Waals surface area contributed by atoms with Gasteiger partial charge in [-0.3, -0.25) is 9.69 Å². The summed E-state index contributed by atoms with van der Waals surface area (Å²) in [6.07, 6.45) is 2.29. The second-order valence-electron chi connectivity index (χ2n) is 9.12. The molecular weight excluding hydrogens is 559 g/mol. The fourth-order valence-corrected chi connectivity index (χ4v) is 5.36. The minimum absolute atomic E-state index is 0.0267. The number of nitrogens with zero attached hydrogens (tertiary/aromatic N) is 2. The Morgan fingerprint density at radius 2 is 1.82 bits per heavy atom. The van der Waals surface area contributed by atoms with Crippen molar-refractivity contribution in [1.82, 2.24) is 9.80 Å². The number of rotatable bonds is 10. The van der Waals surface area contributed by atoms with E-state index in [4.69, 9.17) is 33.7 Å². The van der Waals surface area contributed by atoms with Crippen molar-refractivity contribution < 1.29 is 23.8 Å². The lowest BCUT2D eigenvalue weighted by Crippen LogP contribution is -2.30. The predicted molar refractivity (Wildman–Crippen MR) is 158 cm³/mol. The first-order chi connectivity index (χ1) is 18.6. The van der Waals surface area contributed by atoms with E-state index in [1.165, 1.54) is 17.8 Å². The zero-order valence-electron chi connectivity index (χ0n) is 21.3. The smallest absolute Gasteiger partial charge is 0.335 e. The van der Waals surface area contributed by atoms with Gasteiger partial charge >= 0.3 is 5.97 Å². The summed E-state index contributed by atoms with van der Waals surface area (Å²) in [5, 5.41) is 9.11. The Kier molecular flexibility index (Phi) is 9.40. The third kappa shape index (κ3) is 7.24. The molecule has 3 aromatic carbocycles. The monoisotopic (exact) mass is 584 g/mol. The van der Waals surface area contributed by atoms with Gasteiger partial charge in [0.05, 0.1) is 15.5 Å². The number of carbonyl (C=O) groups excluding carboxylic acids is 1. The number of thiocarbonyl (C=S) groups is 1. The lowest BCUT2D eigenvalue weighted by Gasteiger charge is -2.15. The number of carboxylic acid groups (broad SMARTS) is 1. The van der Waals surface area contributed by atoms with Gasteiger partial charge in [0.1, 0.15) is 22.5 Å². The fraction of sp³-hybridized carbons (Fsp3) is 0.207. The highest BCUT2D eigenvalue weighted by atomic mass is 35.5. The van der Waals surface area contributed by atoms with Gasteiger partial charge in [0.15, 0.2) is 0 Å². The number of carbonyl (C=O) groups is 2. The third-order valence-corrected chi connectivity index (χ3v) is 7.71. The predicted octanol–water partition coefficient (Wildman–Crippen LogP) is 6.23. The Morgan fingerprint density at radius 3 is 2.49 bits per heavy atom. The number of benzene rings is 3. The molecule has 10 heteroatoms. The second-order valence-corrected chi connectivity index (χ2v) is 11.2. The standard InChI is InChI=1S/C29H26ClFN2O4S2/c1-32(2)13-14-37-25-10-8-20(21-7-9-24(31)23(30)16-21)15-22(25)17-26-27(34)33(29(38)39-26)12-11-18-3-5-19(6-4-18)28(35)36/h3-10,15-17H,11-14H2,1-2H3,(H,35,36). The van der Waals surface area contributed by atoms with E-state index < -0.39 is 11.8 Å². The molecule has 0 aliphatic carbocycles. The Morgan fingerprint density at radius 1 is 1.13 bits per heavy atom. The van der Waals surface area contributed by atoms with Gasteiger partial charge < -0.3 is 14.7 Å². The van der Waals surface area contributed by atoms with Gasteiger partial charge in [0.2, 0.25) is 0 Å².